The Balaban J connectivity index is 2.00. The predicted octanol–water partition coefficient (Wildman–Crippen LogP) is 2.48. The van der Waals surface area contributed by atoms with Gasteiger partial charge in [0.2, 0.25) is 5.95 Å². The second kappa shape index (κ2) is 9.47. The van der Waals surface area contributed by atoms with E-state index in [1.807, 2.05) is 18.2 Å². The molecule has 9 heteroatoms. The van der Waals surface area contributed by atoms with E-state index in [1.54, 1.807) is 30.5 Å². The average molecular weight is 395 g/mol. The SMILES string of the molecule is COC(=O)c1ccc(OC)c(Nc2cc(-c3ccccn3)nc(NCCO)n2)c1. The molecule has 9 nitrogen and oxygen atoms in total. The third-order valence-corrected chi connectivity index (χ3v) is 3.93. The van der Waals surface area contributed by atoms with Crippen LogP contribution in [0.2, 0.25) is 0 Å². The van der Waals surface area contributed by atoms with Crippen LogP contribution in [0.1, 0.15) is 10.4 Å². The zero-order valence-electron chi connectivity index (χ0n) is 16.0. The Kier molecular flexibility index (Phi) is 6.54. The van der Waals surface area contributed by atoms with Crippen molar-refractivity contribution >= 4 is 23.4 Å². The number of benzene rings is 1. The molecule has 3 rings (SSSR count). The second-order valence-electron chi connectivity index (χ2n) is 5.86. The van der Waals surface area contributed by atoms with E-state index in [4.69, 9.17) is 14.6 Å². The standard InChI is InChI=1S/C20H21N5O4/c1-28-17-7-6-13(19(27)29-2)11-16(17)23-18-12-15(14-5-3-4-8-21-14)24-20(25-18)22-9-10-26/h3-8,11-12,26H,9-10H2,1-2H3,(H2,22,23,24,25). The molecule has 29 heavy (non-hydrogen) atoms. The molecule has 150 valence electrons. The molecule has 0 bridgehead atoms. The maximum atomic E-state index is 11.9. The van der Waals surface area contributed by atoms with Gasteiger partial charge in [0.15, 0.2) is 0 Å². The highest BCUT2D eigenvalue weighted by atomic mass is 16.5. The number of aliphatic hydroxyl groups excluding tert-OH is 1. The van der Waals surface area contributed by atoms with Crippen molar-refractivity contribution in [2.45, 2.75) is 0 Å². The molecule has 0 saturated heterocycles. The van der Waals surface area contributed by atoms with Gasteiger partial charge in [-0.05, 0) is 30.3 Å². The van der Waals surface area contributed by atoms with E-state index >= 15 is 0 Å². The summed E-state index contributed by atoms with van der Waals surface area (Å²) in [6.45, 7) is 0.237. The number of carbonyl (C=O) groups excluding carboxylic acids is 1. The molecule has 0 aliphatic heterocycles. The number of aromatic nitrogens is 3. The summed E-state index contributed by atoms with van der Waals surface area (Å²) in [5.74, 6) is 0.854. The molecule has 0 saturated carbocycles. The van der Waals surface area contributed by atoms with E-state index in [0.717, 1.165) is 0 Å². The van der Waals surface area contributed by atoms with Crippen LogP contribution in [0.25, 0.3) is 11.4 Å². The van der Waals surface area contributed by atoms with Crippen LogP contribution in [0.5, 0.6) is 5.75 Å². The predicted molar refractivity (Wildman–Crippen MR) is 108 cm³/mol. The number of esters is 1. The number of hydrogen-bond acceptors (Lipinski definition) is 9. The monoisotopic (exact) mass is 395 g/mol. The number of nitrogens with zero attached hydrogens (tertiary/aromatic N) is 3. The van der Waals surface area contributed by atoms with Crippen molar-refractivity contribution in [1.29, 1.82) is 0 Å². The van der Waals surface area contributed by atoms with Crippen molar-refractivity contribution in [3.63, 3.8) is 0 Å². The molecule has 0 aliphatic carbocycles. The number of rotatable bonds is 8. The van der Waals surface area contributed by atoms with Gasteiger partial charge >= 0.3 is 5.97 Å². The van der Waals surface area contributed by atoms with E-state index < -0.39 is 5.97 Å². The highest BCUT2D eigenvalue weighted by Crippen LogP contribution is 2.30. The molecule has 0 amide bonds. The van der Waals surface area contributed by atoms with Crippen molar-refractivity contribution < 1.29 is 19.4 Å². The Hall–Kier alpha value is -3.72. The Bertz CT molecular complexity index is 982. The van der Waals surface area contributed by atoms with Gasteiger partial charge in [-0.2, -0.15) is 4.98 Å². The molecule has 0 radical (unpaired) electrons. The smallest absolute Gasteiger partial charge is 0.337 e. The van der Waals surface area contributed by atoms with E-state index in [0.29, 0.717) is 46.7 Å². The number of pyridine rings is 1. The summed E-state index contributed by atoms with van der Waals surface area (Å²) in [5.41, 5.74) is 2.16. The normalized spacial score (nSPS) is 10.3. The molecule has 2 heterocycles. The maximum Gasteiger partial charge on any atom is 0.337 e. The first kappa shape index (κ1) is 20.0. The first-order valence-electron chi connectivity index (χ1n) is 8.83. The summed E-state index contributed by atoms with van der Waals surface area (Å²) in [6.07, 6.45) is 1.67. The lowest BCUT2D eigenvalue weighted by molar-refractivity contribution is 0.0600. The molecule has 3 aromatic rings. The summed E-state index contributed by atoms with van der Waals surface area (Å²) >= 11 is 0. The number of ether oxygens (including phenoxy) is 2. The van der Waals surface area contributed by atoms with Crippen molar-refractivity contribution in [2.24, 2.45) is 0 Å². The highest BCUT2D eigenvalue weighted by molar-refractivity contribution is 5.91. The van der Waals surface area contributed by atoms with Gasteiger partial charge in [-0.15, -0.1) is 0 Å². The summed E-state index contributed by atoms with van der Waals surface area (Å²) < 4.78 is 10.2. The fourth-order valence-corrected chi connectivity index (χ4v) is 2.59. The van der Waals surface area contributed by atoms with Crippen LogP contribution in [0, 0.1) is 0 Å². The zero-order valence-corrected chi connectivity index (χ0v) is 16.0. The highest BCUT2D eigenvalue weighted by Gasteiger charge is 2.13. The van der Waals surface area contributed by atoms with Gasteiger partial charge in [0.05, 0.1) is 43.5 Å². The van der Waals surface area contributed by atoms with Crippen molar-refractivity contribution in [3.8, 4) is 17.1 Å². The molecule has 3 N–H and O–H groups in total. The van der Waals surface area contributed by atoms with Crippen LogP contribution in [0.15, 0.2) is 48.7 Å². The number of hydrogen-bond donors (Lipinski definition) is 3. The van der Waals surface area contributed by atoms with Crippen LogP contribution in [-0.2, 0) is 4.74 Å². The lowest BCUT2D eigenvalue weighted by Crippen LogP contribution is -2.10. The first-order chi connectivity index (χ1) is 14.1. The molecule has 2 aromatic heterocycles. The number of nitrogens with one attached hydrogen (secondary N) is 2. The van der Waals surface area contributed by atoms with Gasteiger partial charge < -0.3 is 25.2 Å². The van der Waals surface area contributed by atoms with Gasteiger partial charge in [-0.1, -0.05) is 6.07 Å². The Morgan fingerprint density at radius 3 is 2.66 bits per heavy atom. The van der Waals surface area contributed by atoms with Crippen LogP contribution in [-0.4, -0.2) is 53.4 Å². The fourth-order valence-electron chi connectivity index (χ4n) is 2.59. The van der Waals surface area contributed by atoms with E-state index in [1.165, 1.54) is 14.2 Å². The van der Waals surface area contributed by atoms with Gasteiger partial charge in [0.1, 0.15) is 11.6 Å². The molecule has 0 aliphatic rings. The summed E-state index contributed by atoms with van der Waals surface area (Å²) in [5, 5.41) is 15.2. The van der Waals surface area contributed by atoms with E-state index in [2.05, 4.69) is 25.6 Å². The minimum Gasteiger partial charge on any atom is -0.495 e. The second-order valence-corrected chi connectivity index (χ2v) is 5.86. The van der Waals surface area contributed by atoms with Crippen LogP contribution >= 0.6 is 0 Å². The molecule has 0 unspecified atom stereocenters. The van der Waals surface area contributed by atoms with E-state index in [-0.39, 0.29) is 6.61 Å². The molecule has 0 fully saturated rings. The van der Waals surface area contributed by atoms with Gasteiger partial charge in [-0.25, -0.2) is 9.78 Å². The Morgan fingerprint density at radius 2 is 1.97 bits per heavy atom. The molecular formula is C20H21N5O4. The topological polar surface area (TPSA) is 118 Å². The van der Waals surface area contributed by atoms with Crippen molar-refractivity contribution in [2.75, 3.05) is 38.0 Å². The minimum atomic E-state index is -0.460. The molecular weight excluding hydrogens is 374 g/mol. The summed E-state index contributed by atoms with van der Waals surface area (Å²) in [6, 6.07) is 12.1. The molecule has 0 spiro atoms. The maximum absolute atomic E-state index is 11.9. The number of aliphatic hydroxyl groups is 1. The van der Waals surface area contributed by atoms with Crippen LogP contribution in [0.3, 0.4) is 0 Å². The van der Waals surface area contributed by atoms with E-state index in [9.17, 15) is 4.79 Å². The molecule has 0 atom stereocenters. The third-order valence-electron chi connectivity index (χ3n) is 3.93. The quantitative estimate of drug-likeness (QED) is 0.494. The lowest BCUT2D eigenvalue weighted by atomic mass is 10.2. The number of carbonyl (C=O) groups is 1. The van der Waals surface area contributed by atoms with Crippen molar-refractivity contribution in [1.82, 2.24) is 15.0 Å². The average Bonchev–Trinajstić information content (AvgIpc) is 2.77. The van der Waals surface area contributed by atoms with Gasteiger partial charge in [0.25, 0.3) is 0 Å². The van der Waals surface area contributed by atoms with Crippen molar-refractivity contribution in [3.05, 3.63) is 54.2 Å². The van der Waals surface area contributed by atoms with Gasteiger partial charge in [0, 0.05) is 18.8 Å². The number of methoxy groups -OCH3 is 2. The van der Waals surface area contributed by atoms with Crippen LogP contribution in [0.4, 0.5) is 17.5 Å². The minimum absolute atomic E-state index is 0.0606. The fraction of sp³-hybridized carbons (Fsp3) is 0.200. The van der Waals surface area contributed by atoms with Gasteiger partial charge in [-0.3, -0.25) is 4.98 Å². The lowest BCUT2D eigenvalue weighted by Gasteiger charge is -2.14. The summed E-state index contributed by atoms with van der Waals surface area (Å²) in [4.78, 5) is 25.1. The molecule has 1 aromatic carbocycles. The van der Waals surface area contributed by atoms with Crippen LogP contribution < -0.4 is 15.4 Å². The largest absolute Gasteiger partial charge is 0.495 e. The Morgan fingerprint density at radius 1 is 1.10 bits per heavy atom. The number of anilines is 3. The first-order valence-corrected chi connectivity index (χ1v) is 8.83. The Labute approximate surface area is 167 Å². The third kappa shape index (κ3) is 4.96. The summed E-state index contributed by atoms with van der Waals surface area (Å²) in [7, 11) is 2.86. The zero-order chi connectivity index (χ0) is 20.6.